The van der Waals surface area contributed by atoms with Crippen LogP contribution < -0.4 is 4.74 Å². The standard InChI is InChI=1S/C32H33NO3/c34-32(35)21-20-27-17-11-10-16-25(27)13-5-1-2-12-22-36-31-24-29(26-14-6-3-7-15-26)23-30(33-31)28-18-8-4-9-19-28/h3-4,6-11,14-19,23-24H,1-2,5,12-13,20-22H2,(H,34,35). The number of rotatable bonds is 13. The Hall–Kier alpha value is -3.92. The SMILES string of the molecule is O=C(O)CCc1ccccc1CCCCCCOc1cc(-c2ccccc2)cc(-c2ccccc2)n1. The number of hydrogen-bond acceptors (Lipinski definition) is 3. The maximum Gasteiger partial charge on any atom is 0.303 e. The molecule has 0 saturated heterocycles. The largest absolute Gasteiger partial charge is 0.481 e. The molecular weight excluding hydrogens is 446 g/mol. The number of pyridine rings is 1. The first-order valence-electron chi connectivity index (χ1n) is 12.7. The van der Waals surface area contributed by atoms with Crippen LogP contribution >= 0.6 is 0 Å². The fourth-order valence-electron chi connectivity index (χ4n) is 4.37. The van der Waals surface area contributed by atoms with Gasteiger partial charge in [0, 0.05) is 18.1 Å². The van der Waals surface area contributed by atoms with E-state index in [0.29, 0.717) is 18.9 Å². The van der Waals surface area contributed by atoms with Gasteiger partial charge in [0.15, 0.2) is 0 Å². The van der Waals surface area contributed by atoms with Gasteiger partial charge in [-0.1, -0.05) is 97.8 Å². The Morgan fingerprint density at radius 2 is 1.28 bits per heavy atom. The topological polar surface area (TPSA) is 59.4 Å². The van der Waals surface area contributed by atoms with E-state index in [4.69, 9.17) is 14.8 Å². The number of carboxylic acid groups (broad SMARTS) is 1. The van der Waals surface area contributed by atoms with Crippen LogP contribution in [0, 0.1) is 0 Å². The van der Waals surface area contributed by atoms with Crippen LogP contribution in [0.2, 0.25) is 0 Å². The van der Waals surface area contributed by atoms with Gasteiger partial charge in [0.2, 0.25) is 5.88 Å². The zero-order valence-corrected chi connectivity index (χ0v) is 20.6. The van der Waals surface area contributed by atoms with E-state index in [-0.39, 0.29) is 6.42 Å². The lowest BCUT2D eigenvalue weighted by atomic mass is 9.98. The van der Waals surface area contributed by atoms with Crippen molar-refractivity contribution in [2.75, 3.05) is 6.61 Å². The molecule has 4 nitrogen and oxygen atoms in total. The maximum atomic E-state index is 10.9. The third-order valence-electron chi connectivity index (χ3n) is 6.30. The molecule has 0 saturated carbocycles. The maximum absolute atomic E-state index is 10.9. The van der Waals surface area contributed by atoms with E-state index in [1.807, 2.05) is 60.7 Å². The monoisotopic (exact) mass is 479 g/mol. The van der Waals surface area contributed by atoms with Gasteiger partial charge in [0.05, 0.1) is 12.3 Å². The number of unbranched alkanes of at least 4 members (excludes halogenated alkanes) is 3. The van der Waals surface area contributed by atoms with Crippen molar-refractivity contribution < 1.29 is 14.6 Å². The Kier molecular flexibility index (Phi) is 9.26. The summed E-state index contributed by atoms with van der Waals surface area (Å²) in [5.41, 5.74) is 6.65. The van der Waals surface area contributed by atoms with Crippen molar-refractivity contribution in [2.45, 2.75) is 44.9 Å². The smallest absolute Gasteiger partial charge is 0.303 e. The van der Waals surface area contributed by atoms with E-state index in [2.05, 4.69) is 36.4 Å². The minimum Gasteiger partial charge on any atom is -0.481 e. The van der Waals surface area contributed by atoms with Crippen LogP contribution in [0.3, 0.4) is 0 Å². The van der Waals surface area contributed by atoms with Crippen molar-refractivity contribution in [3.63, 3.8) is 0 Å². The van der Waals surface area contributed by atoms with E-state index >= 15 is 0 Å². The molecular formula is C32H33NO3. The third-order valence-corrected chi connectivity index (χ3v) is 6.30. The molecule has 0 amide bonds. The number of carbonyl (C=O) groups is 1. The molecule has 1 N–H and O–H groups in total. The molecule has 4 heteroatoms. The van der Waals surface area contributed by atoms with Crippen LogP contribution in [0.15, 0.2) is 97.1 Å². The quantitative estimate of drug-likeness (QED) is 0.200. The summed E-state index contributed by atoms with van der Waals surface area (Å²) in [5.74, 6) is -0.0907. The highest BCUT2D eigenvalue weighted by atomic mass is 16.5. The lowest BCUT2D eigenvalue weighted by Gasteiger charge is -2.11. The first-order valence-corrected chi connectivity index (χ1v) is 12.7. The van der Waals surface area contributed by atoms with E-state index < -0.39 is 5.97 Å². The van der Waals surface area contributed by atoms with Gasteiger partial charge in [-0.2, -0.15) is 0 Å². The zero-order valence-electron chi connectivity index (χ0n) is 20.6. The predicted octanol–water partition coefficient (Wildman–Crippen LogP) is 7.61. The number of hydrogen-bond donors (Lipinski definition) is 1. The summed E-state index contributed by atoms with van der Waals surface area (Å²) < 4.78 is 6.10. The van der Waals surface area contributed by atoms with Crippen molar-refractivity contribution in [1.82, 2.24) is 4.98 Å². The number of ether oxygens (including phenoxy) is 1. The highest BCUT2D eigenvalue weighted by Crippen LogP contribution is 2.28. The van der Waals surface area contributed by atoms with Gasteiger partial charge in [-0.15, -0.1) is 0 Å². The molecule has 184 valence electrons. The first kappa shape index (κ1) is 25.2. The van der Waals surface area contributed by atoms with Crippen LogP contribution in [0.4, 0.5) is 0 Å². The molecule has 4 rings (SSSR count). The average molecular weight is 480 g/mol. The molecule has 36 heavy (non-hydrogen) atoms. The summed E-state index contributed by atoms with van der Waals surface area (Å²) >= 11 is 0. The van der Waals surface area contributed by atoms with Gasteiger partial charge in [-0.05, 0) is 54.0 Å². The van der Waals surface area contributed by atoms with E-state index in [1.54, 1.807) is 0 Å². The number of aromatic nitrogens is 1. The van der Waals surface area contributed by atoms with Crippen LogP contribution in [0.5, 0.6) is 5.88 Å². The van der Waals surface area contributed by atoms with Gasteiger partial charge in [-0.25, -0.2) is 4.98 Å². The molecule has 0 fully saturated rings. The van der Waals surface area contributed by atoms with Gasteiger partial charge in [0.1, 0.15) is 0 Å². The van der Waals surface area contributed by atoms with Crippen molar-refractivity contribution in [3.8, 4) is 28.3 Å². The lowest BCUT2D eigenvalue weighted by molar-refractivity contribution is -0.136. The molecule has 0 atom stereocenters. The summed E-state index contributed by atoms with van der Waals surface area (Å²) in [5, 5.41) is 8.97. The number of carboxylic acids is 1. The molecule has 0 aliphatic carbocycles. The highest BCUT2D eigenvalue weighted by Gasteiger charge is 2.08. The molecule has 0 spiro atoms. The summed E-state index contributed by atoms with van der Waals surface area (Å²) in [7, 11) is 0. The molecule has 0 bridgehead atoms. The van der Waals surface area contributed by atoms with Crippen LogP contribution in [0.1, 0.15) is 43.2 Å². The summed E-state index contributed by atoms with van der Waals surface area (Å²) in [6.45, 7) is 0.634. The molecule has 1 aromatic heterocycles. The average Bonchev–Trinajstić information content (AvgIpc) is 2.92. The zero-order chi connectivity index (χ0) is 25.0. The number of aryl methyl sites for hydroxylation is 2. The normalized spacial score (nSPS) is 10.8. The number of nitrogens with zero attached hydrogens (tertiary/aromatic N) is 1. The summed E-state index contributed by atoms with van der Waals surface area (Å²) in [6, 6.07) is 32.9. The Labute approximate surface area is 213 Å². The van der Waals surface area contributed by atoms with Gasteiger partial charge in [0.25, 0.3) is 0 Å². The molecule has 0 unspecified atom stereocenters. The third kappa shape index (κ3) is 7.54. The second kappa shape index (κ2) is 13.2. The fraction of sp³-hybridized carbons (Fsp3) is 0.250. The fourth-order valence-corrected chi connectivity index (χ4v) is 4.37. The number of benzene rings is 3. The van der Waals surface area contributed by atoms with Crippen molar-refractivity contribution >= 4 is 5.97 Å². The van der Waals surface area contributed by atoms with Crippen LogP contribution in [-0.4, -0.2) is 22.7 Å². The van der Waals surface area contributed by atoms with Crippen LogP contribution in [-0.2, 0) is 17.6 Å². The van der Waals surface area contributed by atoms with E-state index in [0.717, 1.165) is 60.1 Å². The Balaban J connectivity index is 1.29. The second-order valence-electron chi connectivity index (χ2n) is 8.99. The number of aliphatic carboxylic acids is 1. The minimum atomic E-state index is -0.746. The summed E-state index contributed by atoms with van der Waals surface area (Å²) in [6.07, 6.45) is 6.02. The molecule has 4 aromatic rings. The van der Waals surface area contributed by atoms with Gasteiger partial charge < -0.3 is 9.84 Å². The Morgan fingerprint density at radius 3 is 1.97 bits per heavy atom. The lowest BCUT2D eigenvalue weighted by Crippen LogP contribution is -2.02. The van der Waals surface area contributed by atoms with Crippen molar-refractivity contribution in [2.24, 2.45) is 0 Å². The molecule has 1 heterocycles. The van der Waals surface area contributed by atoms with Gasteiger partial charge >= 0.3 is 5.97 Å². The Bertz CT molecular complexity index is 1180. The Morgan fingerprint density at radius 1 is 0.667 bits per heavy atom. The summed E-state index contributed by atoms with van der Waals surface area (Å²) in [4.78, 5) is 15.7. The van der Waals surface area contributed by atoms with E-state index in [9.17, 15) is 4.79 Å². The van der Waals surface area contributed by atoms with E-state index in [1.165, 1.54) is 5.56 Å². The second-order valence-corrected chi connectivity index (χ2v) is 8.99. The highest BCUT2D eigenvalue weighted by molar-refractivity contribution is 5.71. The molecule has 3 aromatic carbocycles. The first-order chi connectivity index (χ1) is 17.7. The molecule has 0 radical (unpaired) electrons. The minimum absolute atomic E-state index is 0.180. The predicted molar refractivity (Wildman–Crippen MR) is 145 cm³/mol. The molecule has 0 aliphatic rings. The van der Waals surface area contributed by atoms with Crippen molar-refractivity contribution in [1.29, 1.82) is 0 Å². The van der Waals surface area contributed by atoms with Crippen molar-refractivity contribution in [3.05, 3.63) is 108 Å². The molecule has 0 aliphatic heterocycles. The van der Waals surface area contributed by atoms with Crippen LogP contribution in [0.25, 0.3) is 22.4 Å². The van der Waals surface area contributed by atoms with Gasteiger partial charge in [-0.3, -0.25) is 4.79 Å².